The van der Waals surface area contributed by atoms with Crippen molar-refractivity contribution in [2.45, 2.75) is 26.5 Å². The number of ether oxygens (including phenoxy) is 2. The van der Waals surface area contributed by atoms with Crippen molar-refractivity contribution in [2.24, 2.45) is 0 Å². The standard InChI is InChI=1S/C18H20INO3/c1-12(2)23-16-8-7-13(9-17(16)22-3)11-20-18(21)14-5-4-6-15(19)10-14/h4-10,12H,11H2,1-3H3,(H,20,21). The molecule has 1 amide bonds. The first-order chi connectivity index (χ1) is 11.0. The minimum atomic E-state index is -0.0926. The highest BCUT2D eigenvalue weighted by molar-refractivity contribution is 14.1. The fraction of sp³-hybridized carbons (Fsp3) is 0.278. The fourth-order valence-corrected chi connectivity index (χ4v) is 2.63. The zero-order valence-corrected chi connectivity index (χ0v) is 15.6. The number of hydrogen-bond acceptors (Lipinski definition) is 3. The molecular weight excluding hydrogens is 405 g/mol. The first-order valence-corrected chi connectivity index (χ1v) is 8.45. The molecule has 0 aliphatic carbocycles. The molecule has 0 aliphatic rings. The van der Waals surface area contributed by atoms with Crippen LogP contribution in [0.3, 0.4) is 0 Å². The van der Waals surface area contributed by atoms with Gasteiger partial charge in [-0.3, -0.25) is 4.79 Å². The fourth-order valence-electron chi connectivity index (χ4n) is 2.09. The maximum absolute atomic E-state index is 12.2. The molecule has 0 heterocycles. The Hall–Kier alpha value is -1.76. The van der Waals surface area contributed by atoms with Gasteiger partial charge >= 0.3 is 0 Å². The van der Waals surface area contributed by atoms with Crippen molar-refractivity contribution in [3.8, 4) is 11.5 Å². The average Bonchev–Trinajstić information content (AvgIpc) is 2.53. The van der Waals surface area contributed by atoms with Gasteiger partial charge in [0, 0.05) is 15.7 Å². The molecule has 1 N–H and O–H groups in total. The highest BCUT2D eigenvalue weighted by Crippen LogP contribution is 2.28. The van der Waals surface area contributed by atoms with Crippen LogP contribution in [-0.2, 0) is 6.54 Å². The highest BCUT2D eigenvalue weighted by atomic mass is 127. The summed E-state index contributed by atoms with van der Waals surface area (Å²) in [5, 5.41) is 2.92. The quantitative estimate of drug-likeness (QED) is 0.712. The second-order valence-electron chi connectivity index (χ2n) is 5.34. The van der Waals surface area contributed by atoms with Crippen molar-refractivity contribution in [3.63, 3.8) is 0 Å². The summed E-state index contributed by atoms with van der Waals surface area (Å²) in [4.78, 5) is 12.2. The Kier molecular flexibility index (Phi) is 6.27. The van der Waals surface area contributed by atoms with E-state index in [4.69, 9.17) is 9.47 Å². The van der Waals surface area contributed by atoms with Gasteiger partial charge in [0.25, 0.3) is 5.91 Å². The molecule has 23 heavy (non-hydrogen) atoms. The van der Waals surface area contributed by atoms with Gasteiger partial charge in [-0.15, -0.1) is 0 Å². The van der Waals surface area contributed by atoms with Gasteiger partial charge in [-0.2, -0.15) is 0 Å². The molecule has 0 radical (unpaired) electrons. The molecule has 0 fully saturated rings. The van der Waals surface area contributed by atoms with Crippen LogP contribution < -0.4 is 14.8 Å². The van der Waals surface area contributed by atoms with Crippen LogP contribution in [-0.4, -0.2) is 19.1 Å². The van der Waals surface area contributed by atoms with Crippen molar-refractivity contribution < 1.29 is 14.3 Å². The topological polar surface area (TPSA) is 47.6 Å². The van der Waals surface area contributed by atoms with Crippen molar-refractivity contribution in [1.29, 1.82) is 0 Å². The Morgan fingerprint density at radius 3 is 2.61 bits per heavy atom. The molecule has 5 heteroatoms. The predicted molar refractivity (Wildman–Crippen MR) is 99.1 cm³/mol. The number of methoxy groups -OCH3 is 1. The molecule has 0 saturated carbocycles. The number of amides is 1. The Labute approximate surface area is 150 Å². The molecule has 0 unspecified atom stereocenters. The Balaban J connectivity index is 2.04. The minimum absolute atomic E-state index is 0.0787. The number of rotatable bonds is 6. The predicted octanol–water partition coefficient (Wildman–Crippen LogP) is 4.02. The van der Waals surface area contributed by atoms with Gasteiger partial charge in [0.05, 0.1) is 13.2 Å². The summed E-state index contributed by atoms with van der Waals surface area (Å²) in [6.07, 6.45) is 0.0787. The van der Waals surface area contributed by atoms with Crippen LogP contribution in [0.4, 0.5) is 0 Å². The monoisotopic (exact) mass is 425 g/mol. The van der Waals surface area contributed by atoms with E-state index >= 15 is 0 Å². The van der Waals surface area contributed by atoms with Gasteiger partial charge in [-0.1, -0.05) is 12.1 Å². The first-order valence-electron chi connectivity index (χ1n) is 7.37. The van der Waals surface area contributed by atoms with Crippen LogP contribution in [0.15, 0.2) is 42.5 Å². The van der Waals surface area contributed by atoms with Crippen LogP contribution in [0.25, 0.3) is 0 Å². The number of carbonyl (C=O) groups excluding carboxylic acids is 1. The van der Waals surface area contributed by atoms with E-state index in [1.54, 1.807) is 13.2 Å². The van der Waals surface area contributed by atoms with Crippen LogP contribution in [0.2, 0.25) is 0 Å². The van der Waals surface area contributed by atoms with Gasteiger partial charge in [-0.05, 0) is 72.3 Å². The summed E-state index contributed by atoms with van der Waals surface area (Å²) in [6.45, 7) is 4.37. The Morgan fingerprint density at radius 2 is 1.96 bits per heavy atom. The smallest absolute Gasteiger partial charge is 0.251 e. The van der Waals surface area contributed by atoms with Gasteiger partial charge < -0.3 is 14.8 Å². The number of benzene rings is 2. The third-order valence-electron chi connectivity index (χ3n) is 3.13. The van der Waals surface area contributed by atoms with Gasteiger partial charge in [0.2, 0.25) is 0 Å². The van der Waals surface area contributed by atoms with E-state index in [1.807, 2.05) is 50.2 Å². The zero-order valence-electron chi connectivity index (χ0n) is 13.4. The summed E-state index contributed by atoms with van der Waals surface area (Å²) in [7, 11) is 1.61. The van der Waals surface area contributed by atoms with E-state index in [-0.39, 0.29) is 12.0 Å². The van der Waals surface area contributed by atoms with E-state index in [0.29, 0.717) is 23.6 Å². The third-order valence-corrected chi connectivity index (χ3v) is 3.80. The number of nitrogens with one attached hydrogen (secondary N) is 1. The number of hydrogen-bond donors (Lipinski definition) is 1. The van der Waals surface area contributed by atoms with Crippen LogP contribution in [0.5, 0.6) is 11.5 Å². The van der Waals surface area contributed by atoms with E-state index < -0.39 is 0 Å². The van der Waals surface area contributed by atoms with E-state index in [1.165, 1.54) is 0 Å². The Bertz CT molecular complexity index is 686. The molecule has 2 aromatic carbocycles. The molecule has 4 nitrogen and oxygen atoms in total. The van der Waals surface area contributed by atoms with E-state index in [2.05, 4.69) is 27.9 Å². The molecule has 2 aromatic rings. The van der Waals surface area contributed by atoms with Gasteiger partial charge in [0.1, 0.15) is 0 Å². The van der Waals surface area contributed by atoms with Gasteiger partial charge in [-0.25, -0.2) is 0 Å². The van der Waals surface area contributed by atoms with Crippen LogP contribution in [0, 0.1) is 3.57 Å². The molecule has 0 saturated heterocycles. The molecular formula is C18H20INO3. The summed E-state index contributed by atoms with van der Waals surface area (Å²) in [6, 6.07) is 13.2. The third kappa shape index (κ3) is 5.13. The summed E-state index contributed by atoms with van der Waals surface area (Å²) >= 11 is 2.19. The lowest BCUT2D eigenvalue weighted by molar-refractivity contribution is 0.0951. The van der Waals surface area contributed by atoms with Crippen LogP contribution >= 0.6 is 22.6 Å². The van der Waals surface area contributed by atoms with Crippen molar-refractivity contribution >= 4 is 28.5 Å². The lowest BCUT2D eigenvalue weighted by Gasteiger charge is -2.14. The molecule has 2 rings (SSSR count). The van der Waals surface area contributed by atoms with Gasteiger partial charge in [0.15, 0.2) is 11.5 Å². The van der Waals surface area contributed by atoms with Crippen LogP contribution in [0.1, 0.15) is 29.8 Å². The largest absolute Gasteiger partial charge is 0.493 e. The highest BCUT2D eigenvalue weighted by Gasteiger charge is 2.09. The molecule has 0 aliphatic heterocycles. The minimum Gasteiger partial charge on any atom is -0.493 e. The maximum Gasteiger partial charge on any atom is 0.251 e. The van der Waals surface area contributed by atoms with Crippen molar-refractivity contribution in [1.82, 2.24) is 5.32 Å². The number of carbonyl (C=O) groups is 1. The van der Waals surface area contributed by atoms with Crippen molar-refractivity contribution in [2.75, 3.05) is 7.11 Å². The number of halogens is 1. The van der Waals surface area contributed by atoms with Crippen molar-refractivity contribution in [3.05, 3.63) is 57.2 Å². The zero-order chi connectivity index (χ0) is 16.8. The normalized spacial score (nSPS) is 10.5. The summed E-state index contributed by atoms with van der Waals surface area (Å²) in [5.41, 5.74) is 1.61. The SMILES string of the molecule is COc1cc(CNC(=O)c2cccc(I)c2)ccc1OC(C)C. The average molecular weight is 425 g/mol. The summed E-state index contributed by atoms with van der Waals surface area (Å²) in [5.74, 6) is 1.28. The Morgan fingerprint density at radius 1 is 1.17 bits per heavy atom. The lowest BCUT2D eigenvalue weighted by Crippen LogP contribution is -2.22. The molecule has 0 spiro atoms. The second kappa shape index (κ2) is 8.19. The van der Waals surface area contributed by atoms with E-state index in [0.717, 1.165) is 9.13 Å². The summed E-state index contributed by atoms with van der Waals surface area (Å²) < 4.78 is 12.1. The van der Waals surface area contributed by atoms with E-state index in [9.17, 15) is 4.79 Å². The molecule has 122 valence electrons. The second-order valence-corrected chi connectivity index (χ2v) is 6.59. The maximum atomic E-state index is 12.2. The lowest BCUT2D eigenvalue weighted by atomic mass is 10.1. The molecule has 0 aromatic heterocycles. The molecule has 0 bridgehead atoms. The molecule has 0 atom stereocenters. The first kappa shape index (κ1) is 17.6.